The number of amides is 1. The van der Waals surface area contributed by atoms with Gasteiger partial charge in [0.15, 0.2) is 0 Å². The number of aliphatic carboxylic acids is 1. The second-order valence-corrected chi connectivity index (χ2v) is 8.63. The van der Waals surface area contributed by atoms with E-state index in [1.807, 2.05) is 15.8 Å². The lowest BCUT2D eigenvalue weighted by Crippen LogP contribution is -2.44. The summed E-state index contributed by atoms with van der Waals surface area (Å²) in [4.78, 5) is 28.4. The van der Waals surface area contributed by atoms with Crippen molar-refractivity contribution in [3.63, 3.8) is 0 Å². The summed E-state index contributed by atoms with van der Waals surface area (Å²) in [6.45, 7) is 7.93. The standard InChI is InChI=1S/C20H30N4O3/c1-3-24-14(2)16(11-21-24)12-23-13-20(10-17(23)19(26)27)6-8-22(9-7-20)18(25)15-4-5-15/h11,15,17H,3-10,12-13H2,1-2H3,(H,26,27). The predicted octanol–water partition coefficient (Wildman–Crippen LogP) is 1.89. The Morgan fingerprint density at radius 3 is 2.56 bits per heavy atom. The highest BCUT2D eigenvalue weighted by atomic mass is 16.4. The zero-order valence-corrected chi connectivity index (χ0v) is 16.4. The van der Waals surface area contributed by atoms with Gasteiger partial charge in [-0.25, -0.2) is 0 Å². The van der Waals surface area contributed by atoms with Crippen LogP contribution in [0.15, 0.2) is 6.20 Å². The third-order valence-corrected chi connectivity index (χ3v) is 6.83. The largest absolute Gasteiger partial charge is 0.480 e. The van der Waals surface area contributed by atoms with Gasteiger partial charge < -0.3 is 10.0 Å². The van der Waals surface area contributed by atoms with E-state index in [1.165, 1.54) is 0 Å². The molecule has 1 atom stereocenters. The summed E-state index contributed by atoms with van der Waals surface area (Å²) in [6, 6.07) is -0.444. The Hall–Kier alpha value is -1.89. The number of carbonyl (C=O) groups excluding carboxylic acids is 1. The molecule has 1 unspecified atom stereocenters. The molecular formula is C20H30N4O3. The van der Waals surface area contributed by atoms with Gasteiger partial charge in [0.05, 0.1) is 6.20 Å². The molecule has 3 heterocycles. The SMILES string of the molecule is CCn1ncc(CN2CC3(CCN(C(=O)C4CC4)CC3)CC2C(=O)O)c1C. The van der Waals surface area contributed by atoms with E-state index in [9.17, 15) is 14.7 Å². The van der Waals surface area contributed by atoms with Gasteiger partial charge in [-0.3, -0.25) is 19.2 Å². The van der Waals surface area contributed by atoms with E-state index in [0.717, 1.165) is 63.1 Å². The Labute approximate surface area is 160 Å². The molecule has 1 spiro atoms. The fourth-order valence-corrected chi connectivity index (χ4v) is 4.88. The van der Waals surface area contributed by atoms with Crippen molar-refractivity contribution in [1.29, 1.82) is 0 Å². The van der Waals surface area contributed by atoms with Crippen molar-refractivity contribution in [3.8, 4) is 0 Å². The van der Waals surface area contributed by atoms with Gasteiger partial charge in [0.1, 0.15) is 6.04 Å². The molecule has 1 amide bonds. The summed E-state index contributed by atoms with van der Waals surface area (Å²) in [6.07, 6.45) is 6.48. The Morgan fingerprint density at radius 2 is 2.00 bits per heavy atom. The first kappa shape index (κ1) is 18.5. The van der Waals surface area contributed by atoms with E-state index in [1.54, 1.807) is 0 Å². The average molecular weight is 374 g/mol. The molecule has 1 aliphatic carbocycles. The molecule has 1 saturated carbocycles. The lowest BCUT2D eigenvalue weighted by Gasteiger charge is -2.39. The third-order valence-electron chi connectivity index (χ3n) is 6.83. The molecule has 3 aliphatic rings. The molecule has 27 heavy (non-hydrogen) atoms. The predicted molar refractivity (Wildman–Crippen MR) is 100 cm³/mol. The smallest absolute Gasteiger partial charge is 0.320 e. The number of carbonyl (C=O) groups is 2. The molecule has 0 aromatic carbocycles. The van der Waals surface area contributed by atoms with E-state index < -0.39 is 12.0 Å². The van der Waals surface area contributed by atoms with E-state index in [2.05, 4.69) is 23.8 Å². The highest BCUT2D eigenvalue weighted by Gasteiger charge is 2.49. The van der Waals surface area contributed by atoms with Crippen LogP contribution >= 0.6 is 0 Å². The minimum absolute atomic E-state index is 0.0258. The Kier molecular flexibility index (Phi) is 4.74. The van der Waals surface area contributed by atoms with Crippen LogP contribution in [0.2, 0.25) is 0 Å². The maximum Gasteiger partial charge on any atom is 0.320 e. The van der Waals surface area contributed by atoms with Crippen molar-refractivity contribution < 1.29 is 14.7 Å². The molecule has 1 aromatic rings. The first-order valence-electron chi connectivity index (χ1n) is 10.2. The molecule has 3 fully saturated rings. The Balaban J connectivity index is 1.44. The molecule has 7 heteroatoms. The maximum absolute atomic E-state index is 12.3. The van der Waals surface area contributed by atoms with E-state index in [4.69, 9.17) is 0 Å². The van der Waals surface area contributed by atoms with Gasteiger partial charge in [-0.1, -0.05) is 0 Å². The van der Waals surface area contributed by atoms with Gasteiger partial charge in [0.25, 0.3) is 0 Å². The number of carboxylic acids is 1. The van der Waals surface area contributed by atoms with Crippen molar-refractivity contribution in [2.45, 2.75) is 65.1 Å². The summed E-state index contributed by atoms with van der Waals surface area (Å²) in [7, 11) is 0. The highest BCUT2D eigenvalue weighted by Crippen LogP contribution is 2.45. The summed E-state index contributed by atoms with van der Waals surface area (Å²) >= 11 is 0. The molecule has 7 nitrogen and oxygen atoms in total. The number of likely N-dealkylation sites (tertiary alicyclic amines) is 2. The third kappa shape index (κ3) is 3.49. The van der Waals surface area contributed by atoms with Gasteiger partial charge in [-0.15, -0.1) is 0 Å². The van der Waals surface area contributed by atoms with Crippen LogP contribution in [0.1, 0.15) is 50.3 Å². The van der Waals surface area contributed by atoms with Gasteiger partial charge in [0, 0.05) is 49.9 Å². The minimum atomic E-state index is -0.733. The van der Waals surface area contributed by atoms with E-state index in [0.29, 0.717) is 18.9 Å². The normalized spacial score (nSPS) is 25.3. The summed E-state index contributed by atoms with van der Waals surface area (Å²) in [5.74, 6) is -0.148. The second kappa shape index (κ2) is 6.93. The number of piperidine rings is 1. The summed E-state index contributed by atoms with van der Waals surface area (Å²) in [5, 5.41) is 14.2. The van der Waals surface area contributed by atoms with Crippen molar-refractivity contribution in [1.82, 2.24) is 19.6 Å². The lowest BCUT2D eigenvalue weighted by molar-refractivity contribution is -0.142. The van der Waals surface area contributed by atoms with Crippen LogP contribution in [-0.2, 0) is 22.7 Å². The van der Waals surface area contributed by atoms with Crippen LogP contribution in [0.3, 0.4) is 0 Å². The second-order valence-electron chi connectivity index (χ2n) is 8.63. The molecular weight excluding hydrogens is 344 g/mol. The number of hydrogen-bond donors (Lipinski definition) is 1. The van der Waals surface area contributed by atoms with Crippen molar-refractivity contribution in [2.75, 3.05) is 19.6 Å². The quantitative estimate of drug-likeness (QED) is 0.851. The molecule has 1 N–H and O–H groups in total. The van der Waals surface area contributed by atoms with Crippen LogP contribution in [-0.4, -0.2) is 62.2 Å². The van der Waals surface area contributed by atoms with E-state index in [-0.39, 0.29) is 11.3 Å². The zero-order chi connectivity index (χ0) is 19.2. The number of carboxylic acid groups (broad SMARTS) is 1. The molecule has 0 bridgehead atoms. The molecule has 0 radical (unpaired) electrons. The molecule has 2 aliphatic heterocycles. The lowest BCUT2D eigenvalue weighted by atomic mass is 9.76. The minimum Gasteiger partial charge on any atom is -0.480 e. The maximum atomic E-state index is 12.3. The number of rotatable bonds is 5. The monoisotopic (exact) mass is 374 g/mol. The first-order chi connectivity index (χ1) is 12.9. The Morgan fingerprint density at radius 1 is 1.30 bits per heavy atom. The van der Waals surface area contributed by atoms with Crippen molar-refractivity contribution in [2.24, 2.45) is 11.3 Å². The van der Waals surface area contributed by atoms with E-state index >= 15 is 0 Å². The average Bonchev–Trinajstić information content (AvgIpc) is 3.37. The molecule has 1 aromatic heterocycles. The Bertz CT molecular complexity index is 732. The van der Waals surface area contributed by atoms with Crippen molar-refractivity contribution >= 4 is 11.9 Å². The number of aromatic nitrogens is 2. The van der Waals surface area contributed by atoms with Crippen LogP contribution < -0.4 is 0 Å². The molecule has 148 valence electrons. The van der Waals surface area contributed by atoms with Gasteiger partial charge in [-0.2, -0.15) is 5.10 Å². The number of aryl methyl sites for hydroxylation is 1. The van der Waals surface area contributed by atoms with Gasteiger partial charge in [-0.05, 0) is 51.4 Å². The molecule has 2 saturated heterocycles. The van der Waals surface area contributed by atoms with Crippen LogP contribution in [0.4, 0.5) is 0 Å². The van der Waals surface area contributed by atoms with Gasteiger partial charge in [0.2, 0.25) is 5.91 Å². The summed E-state index contributed by atoms with van der Waals surface area (Å²) in [5.41, 5.74) is 2.26. The summed E-state index contributed by atoms with van der Waals surface area (Å²) < 4.78 is 1.96. The number of hydrogen-bond acceptors (Lipinski definition) is 4. The fourth-order valence-electron chi connectivity index (χ4n) is 4.88. The van der Waals surface area contributed by atoms with Crippen LogP contribution in [0.5, 0.6) is 0 Å². The topological polar surface area (TPSA) is 78.7 Å². The molecule has 4 rings (SSSR count). The van der Waals surface area contributed by atoms with Gasteiger partial charge >= 0.3 is 5.97 Å². The fraction of sp³-hybridized carbons (Fsp3) is 0.750. The van der Waals surface area contributed by atoms with Crippen molar-refractivity contribution in [3.05, 3.63) is 17.5 Å². The van der Waals surface area contributed by atoms with Crippen LogP contribution in [0, 0.1) is 18.3 Å². The number of nitrogens with zero attached hydrogens (tertiary/aromatic N) is 4. The van der Waals surface area contributed by atoms with Crippen LogP contribution in [0.25, 0.3) is 0 Å². The highest BCUT2D eigenvalue weighted by molar-refractivity contribution is 5.81. The zero-order valence-electron chi connectivity index (χ0n) is 16.4. The first-order valence-corrected chi connectivity index (χ1v) is 10.2.